The monoisotopic (exact) mass is 228 g/mol. The van der Waals surface area contributed by atoms with Crippen molar-refractivity contribution in [2.75, 3.05) is 24.2 Å². The van der Waals surface area contributed by atoms with E-state index in [0.717, 1.165) is 5.69 Å². The fourth-order valence-corrected chi connectivity index (χ4v) is 1.24. The second-order valence-electron chi connectivity index (χ2n) is 4.41. The first-order chi connectivity index (χ1) is 6.94. The van der Waals surface area contributed by atoms with Crippen LogP contribution in [0.3, 0.4) is 0 Å². The van der Waals surface area contributed by atoms with Gasteiger partial charge in [0.1, 0.15) is 0 Å². The van der Waals surface area contributed by atoms with Gasteiger partial charge < -0.3 is 16.2 Å². The number of halogens is 1. The van der Waals surface area contributed by atoms with Gasteiger partial charge in [-0.3, -0.25) is 0 Å². The third-order valence-electron chi connectivity index (χ3n) is 2.20. The number of nitrogen functional groups attached to an aromatic ring is 1. The highest BCUT2D eigenvalue weighted by atomic mass is 35.5. The Balaban J connectivity index is 2.69. The van der Waals surface area contributed by atoms with Crippen molar-refractivity contribution in [2.45, 2.75) is 13.8 Å². The molecule has 0 amide bonds. The predicted octanol–water partition coefficient (Wildman–Crippen LogP) is 2.35. The van der Waals surface area contributed by atoms with Gasteiger partial charge in [0.15, 0.2) is 0 Å². The number of anilines is 2. The number of hydrogen-bond donors (Lipinski definition) is 3. The summed E-state index contributed by atoms with van der Waals surface area (Å²) in [7, 11) is 0. The largest absolute Gasteiger partial charge is 0.397 e. The molecule has 1 rings (SSSR count). The summed E-state index contributed by atoms with van der Waals surface area (Å²) in [5.74, 6) is 0. The van der Waals surface area contributed by atoms with Gasteiger partial charge in [0.05, 0.1) is 11.4 Å². The Morgan fingerprint density at radius 3 is 2.73 bits per heavy atom. The molecule has 4 heteroatoms. The normalized spacial score (nSPS) is 11.5. The maximum Gasteiger partial charge on any atom is 0.0589 e. The molecular formula is C11H17ClN2O. The van der Waals surface area contributed by atoms with Crippen molar-refractivity contribution >= 4 is 23.0 Å². The summed E-state index contributed by atoms with van der Waals surface area (Å²) >= 11 is 5.86. The van der Waals surface area contributed by atoms with E-state index in [1.54, 1.807) is 18.2 Å². The molecule has 0 aliphatic heterocycles. The molecule has 0 fully saturated rings. The Labute approximate surface area is 95.2 Å². The van der Waals surface area contributed by atoms with Crippen molar-refractivity contribution in [1.29, 1.82) is 0 Å². The zero-order chi connectivity index (χ0) is 11.5. The van der Waals surface area contributed by atoms with Crippen LogP contribution in [-0.4, -0.2) is 18.3 Å². The van der Waals surface area contributed by atoms with Crippen LogP contribution in [0.15, 0.2) is 18.2 Å². The van der Waals surface area contributed by atoms with Crippen molar-refractivity contribution in [3.63, 3.8) is 0 Å². The molecular weight excluding hydrogens is 212 g/mol. The zero-order valence-corrected chi connectivity index (χ0v) is 9.80. The smallest absolute Gasteiger partial charge is 0.0589 e. The molecule has 0 aromatic heterocycles. The van der Waals surface area contributed by atoms with Gasteiger partial charge in [0.2, 0.25) is 0 Å². The number of benzene rings is 1. The third-order valence-corrected chi connectivity index (χ3v) is 2.44. The molecule has 0 atom stereocenters. The number of nitrogens with one attached hydrogen (secondary N) is 1. The summed E-state index contributed by atoms with van der Waals surface area (Å²) < 4.78 is 0. The number of aliphatic hydroxyl groups excluding tert-OH is 1. The van der Waals surface area contributed by atoms with E-state index < -0.39 is 0 Å². The summed E-state index contributed by atoms with van der Waals surface area (Å²) in [6, 6.07) is 5.29. The van der Waals surface area contributed by atoms with Gasteiger partial charge in [0.25, 0.3) is 0 Å². The predicted molar refractivity (Wildman–Crippen MR) is 65.2 cm³/mol. The fourth-order valence-electron chi connectivity index (χ4n) is 1.07. The molecule has 0 bridgehead atoms. The molecule has 0 heterocycles. The average Bonchev–Trinajstić information content (AvgIpc) is 2.20. The Hall–Kier alpha value is -0.930. The van der Waals surface area contributed by atoms with Gasteiger partial charge in [-0.05, 0) is 18.2 Å². The van der Waals surface area contributed by atoms with E-state index in [-0.39, 0.29) is 12.0 Å². The van der Waals surface area contributed by atoms with Crippen LogP contribution in [0.5, 0.6) is 0 Å². The molecule has 0 spiro atoms. The van der Waals surface area contributed by atoms with Gasteiger partial charge in [-0.1, -0.05) is 25.4 Å². The van der Waals surface area contributed by atoms with Gasteiger partial charge >= 0.3 is 0 Å². The van der Waals surface area contributed by atoms with E-state index in [0.29, 0.717) is 17.3 Å². The second-order valence-corrected chi connectivity index (χ2v) is 4.84. The minimum atomic E-state index is -0.172. The van der Waals surface area contributed by atoms with Gasteiger partial charge in [0, 0.05) is 23.6 Å². The lowest BCUT2D eigenvalue weighted by molar-refractivity contribution is 0.171. The van der Waals surface area contributed by atoms with E-state index in [9.17, 15) is 0 Å². The molecule has 0 aliphatic rings. The number of aliphatic hydroxyl groups is 1. The number of rotatable bonds is 4. The van der Waals surface area contributed by atoms with Crippen LogP contribution in [0.2, 0.25) is 5.02 Å². The van der Waals surface area contributed by atoms with Crippen LogP contribution >= 0.6 is 11.6 Å². The average molecular weight is 229 g/mol. The Bertz CT molecular complexity index is 339. The zero-order valence-electron chi connectivity index (χ0n) is 9.05. The van der Waals surface area contributed by atoms with Gasteiger partial charge in [-0.15, -0.1) is 0 Å². The van der Waals surface area contributed by atoms with Crippen LogP contribution in [-0.2, 0) is 0 Å². The summed E-state index contributed by atoms with van der Waals surface area (Å²) in [6.07, 6.45) is 0. The topological polar surface area (TPSA) is 58.3 Å². The van der Waals surface area contributed by atoms with E-state index in [1.807, 2.05) is 13.8 Å². The standard InChI is InChI=1S/C11H17ClN2O/c1-11(2,7-15)6-14-10-5-8(12)3-4-9(10)13/h3-5,14-15H,6-7,13H2,1-2H3. The molecule has 1 aromatic rings. The third kappa shape index (κ3) is 3.61. The maximum absolute atomic E-state index is 9.10. The van der Waals surface area contributed by atoms with Crippen molar-refractivity contribution in [3.05, 3.63) is 23.2 Å². The van der Waals surface area contributed by atoms with Crippen molar-refractivity contribution < 1.29 is 5.11 Å². The SMILES string of the molecule is CC(C)(CO)CNc1cc(Cl)ccc1N. The van der Waals surface area contributed by atoms with Crippen molar-refractivity contribution in [3.8, 4) is 0 Å². The minimum Gasteiger partial charge on any atom is -0.397 e. The van der Waals surface area contributed by atoms with E-state index >= 15 is 0 Å². The van der Waals surface area contributed by atoms with Gasteiger partial charge in [-0.2, -0.15) is 0 Å². The van der Waals surface area contributed by atoms with E-state index in [4.69, 9.17) is 22.4 Å². The first kappa shape index (κ1) is 12.1. The Morgan fingerprint density at radius 2 is 2.13 bits per heavy atom. The molecule has 0 aliphatic carbocycles. The first-order valence-corrected chi connectivity index (χ1v) is 5.22. The van der Waals surface area contributed by atoms with Crippen molar-refractivity contribution in [2.24, 2.45) is 5.41 Å². The van der Waals surface area contributed by atoms with Crippen LogP contribution in [0, 0.1) is 5.41 Å². The lowest BCUT2D eigenvalue weighted by atomic mass is 9.95. The highest BCUT2D eigenvalue weighted by Crippen LogP contribution is 2.24. The maximum atomic E-state index is 9.10. The summed E-state index contributed by atoms with van der Waals surface area (Å²) in [6.45, 7) is 4.72. The van der Waals surface area contributed by atoms with Crippen LogP contribution in [0.25, 0.3) is 0 Å². The number of hydrogen-bond acceptors (Lipinski definition) is 3. The molecule has 0 unspecified atom stereocenters. The lowest BCUT2D eigenvalue weighted by Crippen LogP contribution is -2.27. The van der Waals surface area contributed by atoms with E-state index in [1.165, 1.54) is 0 Å². The minimum absolute atomic E-state index is 0.125. The summed E-state index contributed by atoms with van der Waals surface area (Å²) in [4.78, 5) is 0. The number of nitrogens with two attached hydrogens (primary N) is 1. The summed E-state index contributed by atoms with van der Waals surface area (Å²) in [5.41, 5.74) is 7.07. The van der Waals surface area contributed by atoms with E-state index in [2.05, 4.69) is 5.32 Å². The quantitative estimate of drug-likeness (QED) is 0.694. The molecule has 1 aromatic carbocycles. The fraction of sp³-hybridized carbons (Fsp3) is 0.455. The molecule has 0 saturated carbocycles. The molecule has 3 nitrogen and oxygen atoms in total. The molecule has 0 radical (unpaired) electrons. The molecule has 4 N–H and O–H groups in total. The first-order valence-electron chi connectivity index (χ1n) is 4.84. The van der Waals surface area contributed by atoms with Gasteiger partial charge in [-0.25, -0.2) is 0 Å². The Kier molecular flexibility index (Phi) is 3.83. The molecule has 15 heavy (non-hydrogen) atoms. The molecule has 84 valence electrons. The highest BCUT2D eigenvalue weighted by molar-refractivity contribution is 6.31. The highest BCUT2D eigenvalue weighted by Gasteiger charge is 2.16. The van der Waals surface area contributed by atoms with Crippen molar-refractivity contribution in [1.82, 2.24) is 0 Å². The second kappa shape index (κ2) is 4.73. The van der Waals surface area contributed by atoms with Crippen LogP contribution in [0.4, 0.5) is 11.4 Å². The summed E-state index contributed by atoms with van der Waals surface area (Å²) in [5, 5.41) is 12.9. The van der Waals surface area contributed by atoms with Crippen LogP contribution < -0.4 is 11.1 Å². The molecule has 0 saturated heterocycles. The van der Waals surface area contributed by atoms with Crippen LogP contribution in [0.1, 0.15) is 13.8 Å². The lowest BCUT2D eigenvalue weighted by Gasteiger charge is -2.23. The Morgan fingerprint density at radius 1 is 1.47 bits per heavy atom.